The molecule has 1 aromatic rings. The van der Waals surface area contributed by atoms with Crippen LogP contribution in [0.1, 0.15) is 24.2 Å². The van der Waals surface area contributed by atoms with Gasteiger partial charge in [0.1, 0.15) is 5.78 Å². The number of carbonyl (C=O) groups excluding carboxylic acids is 1. The van der Waals surface area contributed by atoms with E-state index in [9.17, 15) is 9.59 Å². The predicted octanol–water partition coefficient (Wildman–Crippen LogP) is 3.11. The van der Waals surface area contributed by atoms with Gasteiger partial charge in [-0.2, -0.15) is 0 Å². The number of halogens is 1. The molecule has 1 atom stereocenters. The molecule has 16 heavy (non-hydrogen) atoms. The number of aromatic carboxylic acids is 1. The molecule has 0 aromatic heterocycles. The van der Waals surface area contributed by atoms with E-state index >= 15 is 0 Å². The van der Waals surface area contributed by atoms with Crippen LogP contribution >= 0.6 is 23.4 Å². The van der Waals surface area contributed by atoms with Crippen molar-refractivity contribution in [3.05, 3.63) is 28.8 Å². The van der Waals surface area contributed by atoms with Crippen LogP contribution in [0.5, 0.6) is 0 Å². The number of benzene rings is 1. The molecule has 0 saturated carbocycles. The second-order valence-electron chi connectivity index (χ2n) is 3.32. The van der Waals surface area contributed by atoms with Crippen molar-refractivity contribution in [3.63, 3.8) is 0 Å². The van der Waals surface area contributed by atoms with Crippen molar-refractivity contribution in [2.24, 2.45) is 0 Å². The number of Topliss-reactive ketones (excluding diaryl/α,β-unsaturated/α-hetero) is 1. The van der Waals surface area contributed by atoms with E-state index in [2.05, 4.69) is 0 Å². The van der Waals surface area contributed by atoms with Crippen molar-refractivity contribution < 1.29 is 14.7 Å². The molecule has 0 spiro atoms. The number of carboxylic acids is 1. The molecule has 0 aliphatic heterocycles. The van der Waals surface area contributed by atoms with Crippen molar-refractivity contribution in [2.75, 3.05) is 0 Å². The van der Waals surface area contributed by atoms with Crippen LogP contribution in [0.4, 0.5) is 0 Å². The molecule has 1 N–H and O–H groups in total. The van der Waals surface area contributed by atoms with Crippen molar-refractivity contribution in [3.8, 4) is 0 Å². The van der Waals surface area contributed by atoms with E-state index in [1.807, 2.05) is 0 Å². The highest BCUT2D eigenvalue weighted by molar-refractivity contribution is 8.00. The van der Waals surface area contributed by atoms with E-state index in [-0.39, 0.29) is 21.6 Å². The Hall–Kier alpha value is -1.00. The van der Waals surface area contributed by atoms with E-state index in [1.54, 1.807) is 13.0 Å². The molecule has 0 amide bonds. The molecule has 1 unspecified atom stereocenters. The molecule has 0 saturated heterocycles. The first-order valence-corrected chi connectivity index (χ1v) is 5.87. The van der Waals surface area contributed by atoms with Gasteiger partial charge in [-0.25, -0.2) is 4.79 Å². The average molecular weight is 259 g/mol. The summed E-state index contributed by atoms with van der Waals surface area (Å²) < 4.78 is 0. The third-order valence-corrected chi connectivity index (χ3v) is 3.59. The second-order valence-corrected chi connectivity index (χ2v) is 5.14. The number of thioether (sulfide) groups is 1. The van der Waals surface area contributed by atoms with Gasteiger partial charge in [0.2, 0.25) is 0 Å². The zero-order valence-electron chi connectivity index (χ0n) is 8.86. The fourth-order valence-corrected chi connectivity index (χ4v) is 2.13. The van der Waals surface area contributed by atoms with Gasteiger partial charge in [0.05, 0.1) is 15.8 Å². The molecule has 0 aliphatic rings. The molecule has 0 radical (unpaired) electrons. The van der Waals surface area contributed by atoms with Gasteiger partial charge in [-0.3, -0.25) is 4.79 Å². The van der Waals surface area contributed by atoms with Crippen LogP contribution in [0.25, 0.3) is 0 Å². The first-order valence-electron chi connectivity index (χ1n) is 4.61. The summed E-state index contributed by atoms with van der Waals surface area (Å²) in [6.07, 6.45) is 0. The number of ketones is 1. The summed E-state index contributed by atoms with van der Waals surface area (Å²) in [5, 5.41) is 8.88. The Balaban J connectivity index is 2.95. The summed E-state index contributed by atoms with van der Waals surface area (Å²) in [6.45, 7) is 3.29. The van der Waals surface area contributed by atoms with Crippen molar-refractivity contribution in [2.45, 2.75) is 24.0 Å². The third-order valence-electron chi connectivity index (χ3n) is 2.05. The summed E-state index contributed by atoms with van der Waals surface area (Å²) in [5.41, 5.74) is 0.0578. The normalized spacial score (nSPS) is 12.2. The molecular formula is C11H11ClO3S. The minimum absolute atomic E-state index is 0.0526. The molecule has 3 nitrogen and oxygen atoms in total. The smallest absolute Gasteiger partial charge is 0.337 e. The quantitative estimate of drug-likeness (QED) is 0.843. The highest BCUT2D eigenvalue weighted by Gasteiger charge is 2.13. The summed E-state index contributed by atoms with van der Waals surface area (Å²) in [4.78, 5) is 22.6. The van der Waals surface area contributed by atoms with Crippen molar-refractivity contribution in [1.82, 2.24) is 0 Å². The topological polar surface area (TPSA) is 54.4 Å². The Morgan fingerprint density at radius 3 is 2.56 bits per heavy atom. The third kappa shape index (κ3) is 3.25. The van der Waals surface area contributed by atoms with Crippen LogP contribution < -0.4 is 0 Å². The van der Waals surface area contributed by atoms with Crippen LogP contribution in [0, 0.1) is 0 Å². The highest BCUT2D eigenvalue weighted by Crippen LogP contribution is 2.27. The van der Waals surface area contributed by atoms with Crippen LogP contribution in [0.15, 0.2) is 23.1 Å². The molecule has 0 bridgehead atoms. The average Bonchev–Trinajstić information content (AvgIpc) is 2.20. The van der Waals surface area contributed by atoms with Crippen LogP contribution in [-0.2, 0) is 4.79 Å². The van der Waals surface area contributed by atoms with Gasteiger partial charge < -0.3 is 5.11 Å². The Bertz CT molecular complexity index is 431. The number of carbonyl (C=O) groups is 2. The van der Waals surface area contributed by atoms with Gasteiger partial charge in [0, 0.05) is 4.90 Å². The van der Waals surface area contributed by atoms with E-state index in [1.165, 1.54) is 30.8 Å². The van der Waals surface area contributed by atoms with E-state index in [0.717, 1.165) is 4.90 Å². The molecule has 0 fully saturated rings. The largest absolute Gasteiger partial charge is 0.478 e. The maximum absolute atomic E-state index is 11.1. The van der Waals surface area contributed by atoms with Gasteiger partial charge in [0.15, 0.2) is 0 Å². The standard InChI is InChI=1S/C11H11ClO3S/c1-6(13)7(2)16-8-3-4-10(12)9(5-8)11(14)15/h3-5,7H,1-2H3,(H,14,15). The summed E-state index contributed by atoms with van der Waals surface area (Å²) in [6, 6.07) is 4.72. The van der Waals surface area contributed by atoms with Gasteiger partial charge in [-0.15, -0.1) is 11.8 Å². The predicted molar refractivity (Wildman–Crippen MR) is 64.4 cm³/mol. The highest BCUT2D eigenvalue weighted by atomic mass is 35.5. The van der Waals surface area contributed by atoms with Crippen LogP contribution in [0.2, 0.25) is 5.02 Å². The molecule has 5 heteroatoms. The Kier molecular flexibility index (Phi) is 4.38. The van der Waals surface area contributed by atoms with E-state index in [0.29, 0.717) is 0 Å². The lowest BCUT2D eigenvalue weighted by Crippen LogP contribution is -2.08. The lowest BCUT2D eigenvalue weighted by molar-refractivity contribution is -0.116. The van der Waals surface area contributed by atoms with Gasteiger partial charge in [-0.1, -0.05) is 11.6 Å². The van der Waals surface area contributed by atoms with Crippen molar-refractivity contribution >= 4 is 35.1 Å². The fourth-order valence-electron chi connectivity index (χ4n) is 1.03. The number of hydrogen-bond acceptors (Lipinski definition) is 3. The zero-order chi connectivity index (χ0) is 12.3. The number of rotatable bonds is 4. The lowest BCUT2D eigenvalue weighted by atomic mass is 10.2. The fraction of sp³-hybridized carbons (Fsp3) is 0.273. The molecular weight excluding hydrogens is 248 g/mol. The van der Waals surface area contributed by atoms with E-state index < -0.39 is 5.97 Å². The van der Waals surface area contributed by atoms with Gasteiger partial charge in [0.25, 0.3) is 0 Å². The minimum Gasteiger partial charge on any atom is -0.478 e. The monoisotopic (exact) mass is 258 g/mol. The molecule has 1 rings (SSSR count). The first-order chi connectivity index (χ1) is 7.41. The Morgan fingerprint density at radius 2 is 2.06 bits per heavy atom. The lowest BCUT2D eigenvalue weighted by Gasteiger charge is -2.08. The van der Waals surface area contributed by atoms with Crippen LogP contribution in [-0.4, -0.2) is 22.1 Å². The Labute approximate surface area is 103 Å². The molecule has 0 heterocycles. The maximum atomic E-state index is 11.1. The second kappa shape index (κ2) is 5.37. The minimum atomic E-state index is -1.07. The maximum Gasteiger partial charge on any atom is 0.337 e. The van der Waals surface area contributed by atoms with Crippen LogP contribution in [0.3, 0.4) is 0 Å². The number of hydrogen-bond donors (Lipinski definition) is 1. The number of carboxylic acid groups (broad SMARTS) is 1. The van der Waals surface area contributed by atoms with Crippen molar-refractivity contribution in [1.29, 1.82) is 0 Å². The summed E-state index contributed by atoms with van der Waals surface area (Å²) in [5.74, 6) is -1.01. The van der Waals surface area contributed by atoms with Gasteiger partial charge in [-0.05, 0) is 32.0 Å². The SMILES string of the molecule is CC(=O)C(C)Sc1ccc(Cl)c(C(=O)O)c1. The van der Waals surface area contributed by atoms with Gasteiger partial charge >= 0.3 is 5.97 Å². The summed E-state index contributed by atoms with van der Waals surface area (Å²) in [7, 11) is 0. The Morgan fingerprint density at radius 1 is 1.44 bits per heavy atom. The zero-order valence-corrected chi connectivity index (χ0v) is 10.4. The summed E-state index contributed by atoms with van der Waals surface area (Å²) >= 11 is 7.05. The van der Waals surface area contributed by atoms with E-state index in [4.69, 9.17) is 16.7 Å². The first kappa shape index (κ1) is 13.1. The molecule has 86 valence electrons. The molecule has 1 aromatic carbocycles. The molecule has 0 aliphatic carbocycles.